The van der Waals surface area contributed by atoms with Gasteiger partial charge >= 0.3 is 0 Å². The number of amidine groups is 1. The minimum atomic E-state index is -0.743. The summed E-state index contributed by atoms with van der Waals surface area (Å²) in [6, 6.07) is 15.5. The van der Waals surface area contributed by atoms with E-state index in [0.29, 0.717) is 5.02 Å². The summed E-state index contributed by atoms with van der Waals surface area (Å²) in [5.41, 5.74) is 1.99. The number of hydrogen-bond acceptors (Lipinski definition) is 4. The van der Waals surface area contributed by atoms with Crippen molar-refractivity contribution >= 4 is 34.7 Å². The lowest BCUT2D eigenvalue weighted by atomic mass is 9.96. The minimum absolute atomic E-state index is 0.0880. The molecule has 1 spiro atoms. The second-order valence-corrected chi connectivity index (χ2v) is 7.46. The number of anilines is 2. The van der Waals surface area contributed by atoms with Gasteiger partial charge in [-0.05, 0) is 49.2 Å². The van der Waals surface area contributed by atoms with E-state index in [0.717, 1.165) is 42.0 Å². The first kappa shape index (κ1) is 15.7. The lowest BCUT2D eigenvalue weighted by Gasteiger charge is -2.36. The van der Waals surface area contributed by atoms with Gasteiger partial charge in [-0.15, -0.1) is 0 Å². The Bertz CT molecular complexity index is 927. The number of halogens is 1. The van der Waals surface area contributed by atoms with Crippen molar-refractivity contribution in [3.63, 3.8) is 0 Å². The van der Waals surface area contributed by atoms with Crippen molar-refractivity contribution in [2.75, 3.05) is 16.8 Å². The standard InChI is InChI=1S/C20H18ClN3O2/c1-23-16-6-2-3-7-17(16)24-18(13-8-10-14(21)11-9-13)22-26-20(24)12-4-5-15(20)19(23)25/h2-3,6-11,15H,4-5,12H2,1H3/t15-,20-/m0/s1. The van der Waals surface area contributed by atoms with Crippen molar-refractivity contribution in [1.29, 1.82) is 0 Å². The van der Waals surface area contributed by atoms with E-state index >= 15 is 0 Å². The molecule has 2 atom stereocenters. The van der Waals surface area contributed by atoms with Crippen LogP contribution in [0.1, 0.15) is 24.8 Å². The molecule has 2 heterocycles. The van der Waals surface area contributed by atoms with Gasteiger partial charge in [0.25, 0.3) is 0 Å². The van der Waals surface area contributed by atoms with Crippen LogP contribution >= 0.6 is 11.6 Å². The first-order valence-electron chi connectivity index (χ1n) is 8.81. The fraction of sp³-hybridized carbons (Fsp3) is 0.300. The molecule has 0 N–H and O–H groups in total. The third kappa shape index (κ3) is 1.98. The van der Waals surface area contributed by atoms with Crippen LogP contribution in [-0.2, 0) is 9.63 Å². The van der Waals surface area contributed by atoms with E-state index in [-0.39, 0.29) is 11.8 Å². The van der Waals surface area contributed by atoms with Gasteiger partial charge in [0.1, 0.15) is 5.92 Å². The topological polar surface area (TPSA) is 45.1 Å². The van der Waals surface area contributed by atoms with Crippen LogP contribution < -0.4 is 9.80 Å². The predicted octanol–water partition coefficient (Wildman–Crippen LogP) is 4.01. The Balaban J connectivity index is 1.73. The Morgan fingerprint density at radius 2 is 1.88 bits per heavy atom. The van der Waals surface area contributed by atoms with E-state index in [1.165, 1.54) is 0 Å². The highest BCUT2D eigenvalue weighted by Gasteiger charge is 2.60. The summed E-state index contributed by atoms with van der Waals surface area (Å²) in [5, 5.41) is 5.12. The van der Waals surface area contributed by atoms with E-state index in [4.69, 9.17) is 16.4 Å². The maximum Gasteiger partial charge on any atom is 0.236 e. The Kier molecular flexibility index (Phi) is 3.31. The number of carbonyl (C=O) groups is 1. The molecule has 0 unspecified atom stereocenters. The molecular weight excluding hydrogens is 350 g/mol. The molecule has 0 saturated heterocycles. The first-order valence-corrected chi connectivity index (χ1v) is 9.18. The maximum absolute atomic E-state index is 13.2. The van der Waals surface area contributed by atoms with Crippen molar-refractivity contribution in [3.05, 3.63) is 59.1 Å². The van der Waals surface area contributed by atoms with E-state index in [1.54, 1.807) is 4.90 Å². The molecule has 0 aromatic heterocycles. The number of para-hydroxylation sites is 2. The summed E-state index contributed by atoms with van der Waals surface area (Å²) in [4.78, 5) is 23.1. The van der Waals surface area contributed by atoms with Crippen molar-refractivity contribution in [2.24, 2.45) is 11.1 Å². The fourth-order valence-electron chi connectivity index (χ4n) is 4.42. The third-order valence-corrected chi connectivity index (χ3v) is 5.92. The van der Waals surface area contributed by atoms with Crippen LogP contribution in [-0.4, -0.2) is 24.5 Å². The normalized spacial score (nSPS) is 26.6. The van der Waals surface area contributed by atoms with Crippen molar-refractivity contribution < 1.29 is 9.63 Å². The Labute approximate surface area is 156 Å². The number of carbonyl (C=O) groups excluding carboxylic acids is 1. The van der Waals surface area contributed by atoms with Crippen LogP contribution in [0.3, 0.4) is 0 Å². The first-order chi connectivity index (χ1) is 12.6. The molecule has 5 nitrogen and oxygen atoms in total. The van der Waals surface area contributed by atoms with Gasteiger partial charge < -0.3 is 9.74 Å². The summed E-state index contributed by atoms with van der Waals surface area (Å²) < 4.78 is 0. The third-order valence-electron chi connectivity index (χ3n) is 5.67. The molecule has 2 aliphatic heterocycles. The molecule has 2 aromatic rings. The zero-order chi connectivity index (χ0) is 17.9. The summed E-state index contributed by atoms with van der Waals surface area (Å²) in [6.45, 7) is 0. The monoisotopic (exact) mass is 367 g/mol. The number of oxime groups is 1. The number of fused-ring (bicyclic) bond motifs is 2. The average Bonchev–Trinajstić information content (AvgIpc) is 3.24. The average molecular weight is 368 g/mol. The van der Waals surface area contributed by atoms with Gasteiger partial charge in [-0.25, -0.2) is 0 Å². The summed E-state index contributed by atoms with van der Waals surface area (Å²) in [5.74, 6) is 0.572. The van der Waals surface area contributed by atoms with Crippen molar-refractivity contribution in [1.82, 2.24) is 0 Å². The maximum atomic E-state index is 13.2. The molecule has 1 saturated carbocycles. The molecule has 5 rings (SSSR count). The van der Waals surface area contributed by atoms with Crippen LogP contribution in [0.25, 0.3) is 0 Å². The summed E-state index contributed by atoms with van der Waals surface area (Å²) in [6.07, 6.45) is 2.51. The highest BCUT2D eigenvalue weighted by Crippen LogP contribution is 2.52. The molecular formula is C20H18ClN3O2. The molecule has 2 aromatic carbocycles. The molecule has 3 aliphatic rings. The van der Waals surface area contributed by atoms with Crippen LogP contribution in [0.15, 0.2) is 53.7 Å². The van der Waals surface area contributed by atoms with E-state index < -0.39 is 5.72 Å². The van der Waals surface area contributed by atoms with Gasteiger partial charge in [-0.2, -0.15) is 0 Å². The number of rotatable bonds is 1. The Morgan fingerprint density at radius 1 is 1.15 bits per heavy atom. The van der Waals surface area contributed by atoms with Crippen LogP contribution in [0.4, 0.5) is 11.4 Å². The van der Waals surface area contributed by atoms with Crippen LogP contribution in [0.2, 0.25) is 5.02 Å². The molecule has 0 radical (unpaired) electrons. The number of benzene rings is 2. The molecule has 1 fully saturated rings. The van der Waals surface area contributed by atoms with Gasteiger partial charge in [0, 0.05) is 24.1 Å². The number of hydrogen-bond donors (Lipinski definition) is 0. The summed E-state index contributed by atoms with van der Waals surface area (Å²) >= 11 is 6.05. The van der Waals surface area contributed by atoms with Crippen molar-refractivity contribution in [3.8, 4) is 0 Å². The van der Waals surface area contributed by atoms with E-state index in [2.05, 4.69) is 10.1 Å². The molecule has 0 bridgehead atoms. The smallest absolute Gasteiger partial charge is 0.236 e. The largest absolute Gasteiger partial charge is 0.364 e. The molecule has 26 heavy (non-hydrogen) atoms. The highest BCUT2D eigenvalue weighted by atomic mass is 35.5. The second kappa shape index (κ2) is 5.48. The van der Waals surface area contributed by atoms with Gasteiger partial charge in [0.15, 0.2) is 5.84 Å². The van der Waals surface area contributed by atoms with Gasteiger partial charge in [-0.1, -0.05) is 28.9 Å². The van der Waals surface area contributed by atoms with Gasteiger partial charge in [0.2, 0.25) is 11.6 Å². The molecule has 1 aliphatic carbocycles. The fourth-order valence-corrected chi connectivity index (χ4v) is 4.55. The van der Waals surface area contributed by atoms with Gasteiger partial charge in [0.05, 0.1) is 11.4 Å². The Morgan fingerprint density at radius 3 is 2.65 bits per heavy atom. The SMILES string of the molecule is CN1C(=O)[C@@H]2CCC[C@]23ON=C(c2ccc(Cl)cc2)N3c2ccccc21. The van der Waals surface area contributed by atoms with E-state index in [1.807, 2.05) is 55.6 Å². The number of amides is 1. The summed E-state index contributed by atoms with van der Waals surface area (Å²) in [7, 11) is 1.84. The lowest BCUT2D eigenvalue weighted by molar-refractivity contribution is -0.131. The molecule has 6 heteroatoms. The quantitative estimate of drug-likeness (QED) is 0.765. The molecule has 1 amide bonds. The minimum Gasteiger partial charge on any atom is -0.364 e. The predicted molar refractivity (Wildman–Crippen MR) is 101 cm³/mol. The van der Waals surface area contributed by atoms with Crippen LogP contribution in [0.5, 0.6) is 0 Å². The van der Waals surface area contributed by atoms with Crippen molar-refractivity contribution in [2.45, 2.75) is 25.0 Å². The molecule has 132 valence electrons. The lowest BCUT2D eigenvalue weighted by Crippen LogP contribution is -2.53. The Hall–Kier alpha value is -2.53. The number of nitrogens with zero attached hydrogens (tertiary/aromatic N) is 3. The van der Waals surface area contributed by atoms with Crippen LogP contribution in [0, 0.1) is 5.92 Å². The zero-order valence-corrected chi connectivity index (χ0v) is 15.1. The highest BCUT2D eigenvalue weighted by molar-refractivity contribution is 6.30. The van der Waals surface area contributed by atoms with E-state index in [9.17, 15) is 4.79 Å². The second-order valence-electron chi connectivity index (χ2n) is 7.02. The van der Waals surface area contributed by atoms with Gasteiger partial charge in [-0.3, -0.25) is 9.69 Å². The zero-order valence-electron chi connectivity index (χ0n) is 14.4.